The zero-order chi connectivity index (χ0) is 26.7. The van der Waals surface area contributed by atoms with Gasteiger partial charge in [0.25, 0.3) is 22.5 Å². The summed E-state index contributed by atoms with van der Waals surface area (Å²) in [5.74, 6) is -1.44. The second-order valence-electron chi connectivity index (χ2n) is 7.57. The number of hydrogen-bond donors (Lipinski definition) is 0. The summed E-state index contributed by atoms with van der Waals surface area (Å²) in [5, 5.41) is 22.1. The van der Waals surface area contributed by atoms with Crippen LogP contribution in [-0.2, 0) is 11.3 Å². The van der Waals surface area contributed by atoms with Crippen molar-refractivity contribution in [3.8, 4) is 5.75 Å². The number of thioether (sulfide) groups is 1. The zero-order valence-corrected chi connectivity index (χ0v) is 20.1. The molecule has 11 nitrogen and oxygen atoms in total. The highest BCUT2D eigenvalue weighted by Crippen LogP contribution is 2.34. The van der Waals surface area contributed by atoms with Gasteiger partial charge in [0.15, 0.2) is 0 Å². The summed E-state index contributed by atoms with van der Waals surface area (Å²) in [6, 6.07) is 15.3. The smallest absolute Gasteiger partial charge is 0.344 e. The molecule has 2 amide bonds. The Hall–Kier alpha value is -4.55. The third-order valence-corrected chi connectivity index (χ3v) is 6.38. The topological polar surface area (TPSA) is 150 Å². The number of non-ortho nitro benzene ring substituents is 2. The maximum absolute atomic E-state index is 12.8. The van der Waals surface area contributed by atoms with Crippen molar-refractivity contribution in [3.05, 3.63) is 114 Å². The summed E-state index contributed by atoms with van der Waals surface area (Å²) in [4.78, 5) is 59.2. The van der Waals surface area contributed by atoms with Crippen LogP contribution < -0.4 is 4.74 Å². The quantitative estimate of drug-likeness (QED) is 0.123. The minimum absolute atomic E-state index is 0.0341. The van der Waals surface area contributed by atoms with Crippen LogP contribution in [0.5, 0.6) is 5.75 Å². The van der Waals surface area contributed by atoms with Crippen molar-refractivity contribution in [2.75, 3.05) is 0 Å². The molecule has 3 aromatic rings. The lowest BCUT2D eigenvalue weighted by Gasteiger charge is -2.13. The van der Waals surface area contributed by atoms with Gasteiger partial charge in [-0.3, -0.25) is 34.7 Å². The van der Waals surface area contributed by atoms with Gasteiger partial charge in [0.2, 0.25) is 0 Å². The normalized spacial score (nSPS) is 14.2. The second kappa shape index (κ2) is 10.6. The van der Waals surface area contributed by atoms with E-state index in [2.05, 4.69) is 0 Å². The van der Waals surface area contributed by atoms with Gasteiger partial charge in [-0.1, -0.05) is 41.9 Å². The number of carbonyl (C=O) groups is 3. The van der Waals surface area contributed by atoms with Gasteiger partial charge in [0, 0.05) is 17.2 Å². The van der Waals surface area contributed by atoms with Gasteiger partial charge in [-0.25, -0.2) is 4.79 Å². The van der Waals surface area contributed by atoms with Gasteiger partial charge >= 0.3 is 5.97 Å². The zero-order valence-electron chi connectivity index (χ0n) is 18.5. The van der Waals surface area contributed by atoms with E-state index in [0.29, 0.717) is 16.1 Å². The van der Waals surface area contributed by atoms with Crippen LogP contribution in [0.1, 0.15) is 21.5 Å². The molecular weight excluding hydrogens is 526 g/mol. The summed E-state index contributed by atoms with van der Waals surface area (Å²) in [6.07, 6.45) is 1.51. The number of benzene rings is 3. The van der Waals surface area contributed by atoms with Crippen molar-refractivity contribution in [1.29, 1.82) is 0 Å². The van der Waals surface area contributed by atoms with Crippen molar-refractivity contribution in [2.45, 2.75) is 6.54 Å². The predicted octanol–water partition coefficient (Wildman–Crippen LogP) is 5.61. The minimum atomic E-state index is -1.03. The van der Waals surface area contributed by atoms with Gasteiger partial charge in [0.05, 0.1) is 32.9 Å². The summed E-state index contributed by atoms with van der Waals surface area (Å²) in [7, 11) is 0. The van der Waals surface area contributed by atoms with Crippen LogP contribution in [0.15, 0.2) is 71.6 Å². The number of nitrogens with zero attached hydrogens (tertiary/aromatic N) is 3. The molecule has 0 radical (unpaired) electrons. The molecule has 37 heavy (non-hydrogen) atoms. The van der Waals surface area contributed by atoms with Crippen LogP contribution in [-0.4, -0.2) is 31.9 Å². The van der Waals surface area contributed by atoms with Gasteiger partial charge in [-0.2, -0.15) is 0 Å². The number of nitro groups is 2. The lowest BCUT2D eigenvalue weighted by molar-refractivity contribution is -0.394. The van der Waals surface area contributed by atoms with Crippen molar-refractivity contribution < 1.29 is 29.0 Å². The monoisotopic (exact) mass is 539 g/mol. The van der Waals surface area contributed by atoms with Crippen LogP contribution >= 0.6 is 23.4 Å². The number of imide groups is 1. The van der Waals surface area contributed by atoms with Gasteiger partial charge in [-0.05, 0) is 47.2 Å². The van der Waals surface area contributed by atoms with E-state index < -0.39 is 38.3 Å². The fourth-order valence-electron chi connectivity index (χ4n) is 3.31. The Bertz CT molecular complexity index is 1460. The van der Waals surface area contributed by atoms with Gasteiger partial charge < -0.3 is 4.74 Å². The second-order valence-corrected chi connectivity index (χ2v) is 8.97. The molecule has 0 unspecified atom stereocenters. The molecule has 0 spiro atoms. The molecule has 13 heteroatoms. The lowest BCUT2D eigenvalue weighted by atomic mass is 10.1. The number of esters is 1. The third kappa shape index (κ3) is 5.82. The Morgan fingerprint density at radius 3 is 2.19 bits per heavy atom. The van der Waals surface area contributed by atoms with E-state index in [0.717, 1.165) is 34.9 Å². The Labute approximate surface area is 217 Å². The SMILES string of the molecule is O=C(Oc1ccc(/C=C2\SC(=O)N(Cc3ccccc3Cl)C2=O)cc1)c1cc([N+](=O)[O-])cc([N+](=O)[O-])c1. The average molecular weight is 540 g/mol. The van der Waals surface area contributed by atoms with Crippen LogP contribution in [0.25, 0.3) is 6.08 Å². The van der Waals surface area contributed by atoms with E-state index >= 15 is 0 Å². The fourth-order valence-corrected chi connectivity index (χ4v) is 4.34. The molecule has 1 fully saturated rings. The number of halogens is 1. The van der Waals surface area contributed by atoms with Crippen molar-refractivity contribution in [2.24, 2.45) is 0 Å². The van der Waals surface area contributed by atoms with Crippen LogP contribution in [0, 0.1) is 20.2 Å². The van der Waals surface area contributed by atoms with Gasteiger partial charge in [-0.15, -0.1) is 0 Å². The molecule has 0 saturated carbocycles. The molecule has 0 N–H and O–H groups in total. The van der Waals surface area contributed by atoms with Gasteiger partial charge in [0.1, 0.15) is 5.75 Å². The Morgan fingerprint density at radius 1 is 0.973 bits per heavy atom. The number of hydrogen-bond acceptors (Lipinski definition) is 9. The summed E-state index contributed by atoms with van der Waals surface area (Å²) >= 11 is 6.91. The van der Waals surface area contributed by atoms with E-state index in [1.807, 2.05) is 0 Å². The molecule has 186 valence electrons. The molecule has 0 aromatic heterocycles. The number of ether oxygens (including phenoxy) is 1. The standard InChI is InChI=1S/C24H14ClN3O8S/c25-20-4-2-1-3-15(20)13-26-22(29)21(37-24(26)31)9-14-5-7-19(8-6-14)36-23(30)16-10-17(27(32)33)12-18(11-16)28(34)35/h1-12H,13H2/b21-9-. The highest BCUT2D eigenvalue weighted by molar-refractivity contribution is 8.18. The molecular formula is C24H14ClN3O8S. The predicted molar refractivity (Wildman–Crippen MR) is 134 cm³/mol. The molecule has 1 heterocycles. The van der Waals surface area contributed by atoms with Crippen molar-refractivity contribution in [3.63, 3.8) is 0 Å². The number of carbonyl (C=O) groups excluding carboxylic acids is 3. The van der Waals surface area contributed by atoms with Crippen molar-refractivity contribution in [1.82, 2.24) is 4.90 Å². The van der Waals surface area contributed by atoms with Crippen LogP contribution in [0.2, 0.25) is 5.02 Å². The molecule has 1 saturated heterocycles. The third-order valence-electron chi connectivity index (χ3n) is 5.11. The highest BCUT2D eigenvalue weighted by atomic mass is 35.5. The maximum Gasteiger partial charge on any atom is 0.344 e. The molecule has 0 atom stereocenters. The lowest BCUT2D eigenvalue weighted by Crippen LogP contribution is -2.27. The molecule has 0 aliphatic carbocycles. The first kappa shape index (κ1) is 25.5. The minimum Gasteiger partial charge on any atom is -0.423 e. The molecule has 4 rings (SSSR count). The molecule has 0 bridgehead atoms. The number of amides is 2. The van der Waals surface area contributed by atoms with E-state index in [9.17, 15) is 34.6 Å². The Morgan fingerprint density at radius 2 is 1.59 bits per heavy atom. The number of nitro benzene ring substituents is 2. The molecule has 1 aliphatic rings. The first-order valence-electron chi connectivity index (χ1n) is 10.4. The largest absolute Gasteiger partial charge is 0.423 e. The Balaban J connectivity index is 1.47. The maximum atomic E-state index is 12.8. The first-order valence-corrected chi connectivity index (χ1v) is 11.6. The fraction of sp³-hybridized carbons (Fsp3) is 0.0417. The van der Waals surface area contributed by atoms with E-state index in [1.165, 1.54) is 30.3 Å². The van der Waals surface area contributed by atoms with Crippen LogP contribution in [0.3, 0.4) is 0 Å². The summed E-state index contributed by atoms with van der Waals surface area (Å²) in [6.45, 7) is 0.0341. The van der Waals surface area contributed by atoms with E-state index in [1.54, 1.807) is 24.3 Å². The van der Waals surface area contributed by atoms with E-state index in [-0.39, 0.29) is 22.8 Å². The average Bonchev–Trinajstić information content (AvgIpc) is 3.13. The van der Waals surface area contributed by atoms with Crippen LogP contribution in [0.4, 0.5) is 16.2 Å². The summed E-state index contributed by atoms with van der Waals surface area (Å²) in [5.41, 5.74) is -0.445. The Kier molecular flexibility index (Phi) is 7.32. The first-order chi connectivity index (χ1) is 17.6. The van der Waals surface area contributed by atoms with Crippen molar-refractivity contribution >= 4 is 57.9 Å². The number of rotatable bonds is 7. The summed E-state index contributed by atoms with van der Waals surface area (Å²) < 4.78 is 5.18. The highest BCUT2D eigenvalue weighted by Gasteiger charge is 2.35. The molecule has 1 aliphatic heterocycles. The molecule has 3 aromatic carbocycles. The van der Waals surface area contributed by atoms with E-state index in [4.69, 9.17) is 16.3 Å².